The van der Waals surface area contributed by atoms with Gasteiger partial charge in [-0.25, -0.2) is 4.98 Å². The van der Waals surface area contributed by atoms with Gasteiger partial charge in [0.15, 0.2) is 5.84 Å². The third kappa shape index (κ3) is 1.48. The average Bonchev–Trinajstić information content (AvgIpc) is 2.61. The summed E-state index contributed by atoms with van der Waals surface area (Å²) >= 11 is 0. The Hall–Kier alpha value is -1.78. The lowest BCUT2D eigenvalue weighted by molar-refractivity contribution is -0.120. The van der Waals surface area contributed by atoms with Crippen LogP contribution in [-0.4, -0.2) is 27.8 Å². The molecule has 2 rings (SSSR count). The number of rotatable bonds is 2. The summed E-state index contributed by atoms with van der Waals surface area (Å²) in [7, 11) is 0. The zero-order valence-electron chi connectivity index (χ0n) is 7.77. The minimum absolute atomic E-state index is 0.0619. The second kappa shape index (κ2) is 3.53. The van der Waals surface area contributed by atoms with Crippen LogP contribution in [0.1, 0.15) is 19.0 Å². The molecule has 0 spiro atoms. The summed E-state index contributed by atoms with van der Waals surface area (Å²) in [4.78, 5) is 23.5. The Kier molecular flexibility index (Phi) is 2.22. The molecule has 5 heteroatoms. The maximum atomic E-state index is 11.3. The average molecular weight is 190 g/mol. The lowest BCUT2D eigenvalue weighted by Crippen LogP contribution is -2.29. The van der Waals surface area contributed by atoms with Crippen molar-refractivity contribution in [3.05, 3.63) is 24.3 Å². The van der Waals surface area contributed by atoms with Gasteiger partial charge in [0.2, 0.25) is 5.91 Å². The van der Waals surface area contributed by atoms with E-state index in [0.29, 0.717) is 18.0 Å². The highest BCUT2D eigenvalue weighted by atomic mass is 16.2. The molecule has 1 N–H and O–H groups in total. The van der Waals surface area contributed by atoms with Crippen LogP contribution < -0.4 is 5.32 Å². The predicted molar refractivity (Wildman–Crippen MR) is 50.8 cm³/mol. The molecule has 0 saturated carbocycles. The lowest BCUT2D eigenvalue weighted by Gasteiger charge is -1.97. The van der Waals surface area contributed by atoms with Crippen LogP contribution in [0.3, 0.4) is 0 Å². The molecule has 1 aliphatic rings. The fourth-order valence-electron chi connectivity index (χ4n) is 1.27. The number of aliphatic imine (C=N–C) groups is 1. The maximum Gasteiger partial charge on any atom is 0.250 e. The molecule has 72 valence electrons. The largest absolute Gasteiger partial charge is 0.307 e. The van der Waals surface area contributed by atoms with Gasteiger partial charge in [0, 0.05) is 12.4 Å². The van der Waals surface area contributed by atoms with Gasteiger partial charge in [0.05, 0.1) is 6.20 Å². The van der Waals surface area contributed by atoms with E-state index in [1.165, 1.54) is 0 Å². The normalized spacial score (nSPS) is 20.5. The zero-order chi connectivity index (χ0) is 9.97. The number of carbonyl (C=O) groups excluding carboxylic acids is 1. The van der Waals surface area contributed by atoms with Crippen molar-refractivity contribution < 1.29 is 4.79 Å². The number of amides is 1. The first kappa shape index (κ1) is 8.80. The van der Waals surface area contributed by atoms with Gasteiger partial charge in [-0.1, -0.05) is 6.92 Å². The van der Waals surface area contributed by atoms with E-state index in [2.05, 4.69) is 20.3 Å². The van der Waals surface area contributed by atoms with Gasteiger partial charge in [0.25, 0.3) is 0 Å². The van der Waals surface area contributed by atoms with Gasteiger partial charge in [0.1, 0.15) is 11.7 Å². The number of amidine groups is 1. The van der Waals surface area contributed by atoms with Crippen molar-refractivity contribution in [3.63, 3.8) is 0 Å². The lowest BCUT2D eigenvalue weighted by atomic mass is 10.2. The van der Waals surface area contributed by atoms with E-state index in [4.69, 9.17) is 0 Å². The minimum atomic E-state index is -0.271. The van der Waals surface area contributed by atoms with Crippen molar-refractivity contribution in [1.82, 2.24) is 15.3 Å². The van der Waals surface area contributed by atoms with E-state index in [-0.39, 0.29) is 11.9 Å². The molecule has 0 bridgehead atoms. The van der Waals surface area contributed by atoms with E-state index >= 15 is 0 Å². The zero-order valence-corrected chi connectivity index (χ0v) is 7.77. The van der Waals surface area contributed by atoms with Gasteiger partial charge >= 0.3 is 0 Å². The third-order valence-corrected chi connectivity index (χ3v) is 2.02. The molecule has 14 heavy (non-hydrogen) atoms. The number of aromatic nitrogens is 2. The second-order valence-electron chi connectivity index (χ2n) is 2.98. The van der Waals surface area contributed by atoms with E-state index in [1.807, 2.05) is 6.92 Å². The highest BCUT2D eigenvalue weighted by Gasteiger charge is 2.25. The summed E-state index contributed by atoms with van der Waals surface area (Å²) in [5.41, 5.74) is 0.608. The summed E-state index contributed by atoms with van der Waals surface area (Å²) < 4.78 is 0. The molecule has 1 atom stereocenters. The summed E-state index contributed by atoms with van der Waals surface area (Å²) in [6.45, 7) is 1.92. The Morgan fingerprint density at radius 3 is 2.93 bits per heavy atom. The molecule has 0 fully saturated rings. The van der Waals surface area contributed by atoms with Crippen LogP contribution in [0.2, 0.25) is 0 Å². The fraction of sp³-hybridized carbons (Fsp3) is 0.333. The smallest absolute Gasteiger partial charge is 0.250 e. The first-order valence-electron chi connectivity index (χ1n) is 4.46. The Balaban J connectivity index is 2.26. The van der Waals surface area contributed by atoms with Crippen molar-refractivity contribution in [2.24, 2.45) is 4.99 Å². The standard InChI is InChI=1S/C9H10N4O/c1-2-6-9(14)13-8(12-6)7-5-10-3-4-11-7/h3-6H,2H2,1H3,(H,12,13,14). The molecular weight excluding hydrogens is 180 g/mol. The van der Waals surface area contributed by atoms with Gasteiger partial charge in [-0.05, 0) is 6.42 Å². The molecule has 1 aliphatic heterocycles. The molecule has 0 saturated heterocycles. The molecular formula is C9H10N4O. The summed E-state index contributed by atoms with van der Waals surface area (Å²) in [5.74, 6) is 0.461. The molecule has 1 aromatic heterocycles. The molecule has 0 aromatic carbocycles. The van der Waals surface area contributed by atoms with Crippen molar-refractivity contribution in [1.29, 1.82) is 0 Å². The van der Waals surface area contributed by atoms with Crippen molar-refractivity contribution in [3.8, 4) is 0 Å². The molecule has 0 radical (unpaired) electrons. The van der Waals surface area contributed by atoms with Crippen LogP contribution in [0.5, 0.6) is 0 Å². The Morgan fingerprint density at radius 2 is 2.36 bits per heavy atom. The monoisotopic (exact) mass is 190 g/mol. The molecule has 5 nitrogen and oxygen atoms in total. The minimum Gasteiger partial charge on any atom is -0.307 e. The summed E-state index contributed by atoms with van der Waals surface area (Å²) in [5, 5.41) is 2.68. The molecule has 0 aliphatic carbocycles. The van der Waals surface area contributed by atoms with E-state index in [9.17, 15) is 4.79 Å². The van der Waals surface area contributed by atoms with Crippen LogP contribution >= 0.6 is 0 Å². The number of nitrogens with one attached hydrogen (secondary N) is 1. The Morgan fingerprint density at radius 1 is 1.50 bits per heavy atom. The fourth-order valence-corrected chi connectivity index (χ4v) is 1.27. The SMILES string of the molecule is CCC1N=C(c2cnccn2)NC1=O. The van der Waals surface area contributed by atoms with Crippen LogP contribution in [0, 0.1) is 0 Å². The van der Waals surface area contributed by atoms with E-state index in [0.717, 1.165) is 0 Å². The first-order valence-corrected chi connectivity index (χ1v) is 4.46. The predicted octanol–water partition coefficient (Wildman–Crippen LogP) is 0.132. The molecule has 1 amide bonds. The number of hydrogen-bond donors (Lipinski definition) is 1. The molecule has 2 heterocycles. The number of nitrogens with zero attached hydrogens (tertiary/aromatic N) is 3. The maximum absolute atomic E-state index is 11.3. The quantitative estimate of drug-likeness (QED) is 0.720. The summed E-state index contributed by atoms with van der Waals surface area (Å²) in [6, 6.07) is -0.271. The van der Waals surface area contributed by atoms with Crippen LogP contribution in [-0.2, 0) is 4.79 Å². The first-order chi connectivity index (χ1) is 6.81. The van der Waals surface area contributed by atoms with Gasteiger partial charge in [-0.15, -0.1) is 0 Å². The van der Waals surface area contributed by atoms with Crippen molar-refractivity contribution in [2.75, 3.05) is 0 Å². The van der Waals surface area contributed by atoms with Crippen molar-refractivity contribution in [2.45, 2.75) is 19.4 Å². The molecule has 1 unspecified atom stereocenters. The van der Waals surface area contributed by atoms with Crippen LogP contribution in [0.4, 0.5) is 0 Å². The van der Waals surface area contributed by atoms with Gasteiger partial charge in [-0.3, -0.25) is 14.8 Å². The number of hydrogen-bond acceptors (Lipinski definition) is 4. The van der Waals surface area contributed by atoms with Crippen molar-refractivity contribution >= 4 is 11.7 Å². The third-order valence-electron chi connectivity index (χ3n) is 2.02. The topological polar surface area (TPSA) is 67.2 Å². The van der Waals surface area contributed by atoms with E-state index in [1.54, 1.807) is 18.6 Å². The highest BCUT2D eigenvalue weighted by Crippen LogP contribution is 2.07. The second-order valence-corrected chi connectivity index (χ2v) is 2.98. The van der Waals surface area contributed by atoms with E-state index < -0.39 is 0 Å². The van der Waals surface area contributed by atoms with Gasteiger partial charge < -0.3 is 5.32 Å². The highest BCUT2D eigenvalue weighted by molar-refractivity contribution is 6.12. The number of carbonyl (C=O) groups is 1. The molecule has 1 aromatic rings. The van der Waals surface area contributed by atoms with Crippen LogP contribution in [0.15, 0.2) is 23.6 Å². The van der Waals surface area contributed by atoms with Crippen LogP contribution in [0.25, 0.3) is 0 Å². The Bertz CT molecular complexity index is 374. The van der Waals surface area contributed by atoms with Gasteiger partial charge in [-0.2, -0.15) is 0 Å². The summed E-state index contributed by atoms with van der Waals surface area (Å²) in [6.07, 6.45) is 5.44. The Labute approximate surface area is 81.3 Å².